The maximum Gasteiger partial charge on any atom is 0.251 e. The zero-order valence-electron chi connectivity index (χ0n) is 14.5. The lowest BCUT2D eigenvalue weighted by atomic mass is 10.0. The molecule has 0 atom stereocenters. The van der Waals surface area contributed by atoms with Gasteiger partial charge in [-0.25, -0.2) is 4.39 Å². The van der Waals surface area contributed by atoms with E-state index in [0.29, 0.717) is 5.56 Å². The fraction of sp³-hybridized carbons (Fsp3) is 0.250. The van der Waals surface area contributed by atoms with Crippen molar-refractivity contribution in [2.75, 3.05) is 13.1 Å². The predicted octanol–water partition coefficient (Wildman–Crippen LogP) is 3.05. The lowest BCUT2D eigenvalue weighted by molar-refractivity contribution is 0.293. The van der Waals surface area contributed by atoms with Gasteiger partial charge in [0.1, 0.15) is 5.82 Å². The van der Waals surface area contributed by atoms with Crippen molar-refractivity contribution in [3.63, 3.8) is 0 Å². The summed E-state index contributed by atoms with van der Waals surface area (Å²) in [6, 6.07) is 6.97. The summed E-state index contributed by atoms with van der Waals surface area (Å²) >= 11 is 0. The topological polar surface area (TPSA) is 61.9 Å². The minimum Gasteiger partial charge on any atom is -0.320 e. The van der Waals surface area contributed by atoms with Gasteiger partial charge in [-0.1, -0.05) is 6.08 Å². The van der Waals surface area contributed by atoms with Crippen LogP contribution in [0.25, 0.3) is 16.6 Å². The largest absolute Gasteiger partial charge is 0.320 e. The fourth-order valence-electron chi connectivity index (χ4n) is 3.22. The minimum absolute atomic E-state index is 0.0752. The van der Waals surface area contributed by atoms with E-state index in [1.165, 1.54) is 12.3 Å². The van der Waals surface area contributed by atoms with E-state index in [2.05, 4.69) is 25.9 Å². The molecule has 0 unspecified atom stereocenters. The van der Waals surface area contributed by atoms with E-state index in [4.69, 9.17) is 0 Å². The molecule has 0 amide bonds. The Bertz CT molecular complexity index is 1040. The summed E-state index contributed by atoms with van der Waals surface area (Å²) < 4.78 is 13.0. The van der Waals surface area contributed by atoms with Crippen molar-refractivity contribution in [3.05, 3.63) is 75.7 Å². The third kappa shape index (κ3) is 3.41. The van der Waals surface area contributed by atoms with Crippen molar-refractivity contribution in [1.29, 1.82) is 0 Å². The first kappa shape index (κ1) is 16.6. The Morgan fingerprint density at radius 2 is 2.12 bits per heavy atom. The molecule has 0 saturated carbocycles. The first-order chi connectivity index (χ1) is 12.6. The van der Waals surface area contributed by atoms with Crippen LogP contribution < -0.4 is 5.56 Å². The molecular weight excluding hydrogens is 331 g/mol. The molecule has 5 nitrogen and oxygen atoms in total. The molecule has 3 aromatic heterocycles. The monoisotopic (exact) mass is 350 g/mol. The Morgan fingerprint density at radius 3 is 2.85 bits per heavy atom. The summed E-state index contributed by atoms with van der Waals surface area (Å²) in [6.07, 6.45) is 6.13. The van der Waals surface area contributed by atoms with Gasteiger partial charge in [0.05, 0.1) is 22.9 Å². The highest BCUT2D eigenvalue weighted by Gasteiger charge is 2.14. The number of aryl methyl sites for hydroxylation is 1. The standard InChI is InChI=1S/C20H19FN4O/c1-13-8-18-19(24-20(13)26)9-14(10-22-18)12-25-6-4-15(5-7-25)17-3-2-16(21)11-23-17/h2-4,8-11H,5-7,12H2,1H3,(H,24,26). The lowest BCUT2D eigenvalue weighted by Gasteiger charge is -2.26. The quantitative estimate of drug-likeness (QED) is 0.789. The molecule has 26 heavy (non-hydrogen) atoms. The first-order valence-electron chi connectivity index (χ1n) is 8.60. The molecule has 0 bridgehead atoms. The van der Waals surface area contributed by atoms with Crippen molar-refractivity contribution in [2.24, 2.45) is 0 Å². The summed E-state index contributed by atoms with van der Waals surface area (Å²) in [5.74, 6) is -0.316. The zero-order chi connectivity index (χ0) is 18.1. The second kappa shape index (κ2) is 6.80. The molecule has 1 N–H and O–H groups in total. The van der Waals surface area contributed by atoms with Gasteiger partial charge in [-0.05, 0) is 48.7 Å². The Balaban J connectivity index is 1.48. The van der Waals surface area contributed by atoms with Crippen LogP contribution in [0.4, 0.5) is 4.39 Å². The molecule has 1 aliphatic rings. The van der Waals surface area contributed by atoms with Crippen molar-refractivity contribution < 1.29 is 4.39 Å². The van der Waals surface area contributed by atoms with Crippen LogP contribution in [-0.4, -0.2) is 32.9 Å². The summed E-state index contributed by atoms with van der Waals surface area (Å²) in [6.45, 7) is 4.24. The number of nitrogens with one attached hydrogen (secondary N) is 1. The van der Waals surface area contributed by atoms with Crippen LogP contribution in [0.15, 0.2) is 47.5 Å². The Hall–Kier alpha value is -2.86. The van der Waals surface area contributed by atoms with Crippen molar-refractivity contribution in [3.8, 4) is 0 Å². The maximum absolute atomic E-state index is 13.0. The number of aromatic nitrogens is 3. The summed E-state index contributed by atoms with van der Waals surface area (Å²) in [5.41, 5.74) is 5.21. The SMILES string of the molecule is Cc1cc2ncc(CN3CC=C(c4ccc(F)cn4)CC3)cc2[nH]c1=O. The van der Waals surface area contributed by atoms with E-state index in [0.717, 1.165) is 53.9 Å². The van der Waals surface area contributed by atoms with Crippen LogP contribution in [-0.2, 0) is 6.54 Å². The van der Waals surface area contributed by atoms with Crippen LogP contribution in [0.1, 0.15) is 23.2 Å². The summed E-state index contributed by atoms with van der Waals surface area (Å²) in [4.78, 5) is 25.6. The summed E-state index contributed by atoms with van der Waals surface area (Å²) in [7, 11) is 0. The molecule has 0 radical (unpaired) electrons. The van der Waals surface area contributed by atoms with Crippen molar-refractivity contribution in [2.45, 2.75) is 19.9 Å². The molecule has 0 spiro atoms. The Kier molecular flexibility index (Phi) is 4.34. The van der Waals surface area contributed by atoms with E-state index in [1.807, 2.05) is 18.3 Å². The average Bonchev–Trinajstić information content (AvgIpc) is 2.64. The number of aromatic amines is 1. The lowest BCUT2D eigenvalue weighted by Crippen LogP contribution is -2.28. The molecule has 0 saturated heterocycles. The van der Waals surface area contributed by atoms with Crippen molar-refractivity contribution in [1.82, 2.24) is 19.9 Å². The van der Waals surface area contributed by atoms with Gasteiger partial charge in [-0.15, -0.1) is 0 Å². The van der Waals surface area contributed by atoms with Gasteiger partial charge in [0.15, 0.2) is 0 Å². The first-order valence-corrected chi connectivity index (χ1v) is 8.60. The maximum atomic E-state index is 13.0. The highest BCUT2D eigenvalue weighted by molar-refractivity contribution is 5.74. The molecular formula is C20H19FN4O. The van der Waals surface area contributed by atoms with Crippen LogP contribution in [0.2, 0.25) is 0 Å². The Labute approximate surface area is 150 Å². The minimum atomic E-state index is -0.316. The van der Waals surface area contributed by atoms with E-state index in [9.17, 15) is 9.18 Å². The molecule has 1 aliphatic heterocycles. The number of nitrogens with zero attached hydrogens (tertiary/aromatic N) is 3. The van der Waals surface area contributed by atoms with Gasteiger partial charge in [0, 0.05) is 31.4 Å². The van der Waals surface area contributed by atoms with E-state index < -0.39 is 0 Å². The number of hydrogen-bond acceptors (Lipinski definition) is 4. The number of pyridine rings is 3. The highest BCUT2D eigenvalue weighted by Crippen LogP contribution is 2.22. The predicted molar refractivity (Wildman–Crippen MR) is 99.2 cm³/mol. The van der Waals surface area contributed by atoms with Crippen LogP contribution in [0.3, 0.4) is 0 Å². The van der Waals surface area contributed by atoms with Gasteiger partial charge in [-0.2, -0.15) is 0 Å². The number of fused-ring (bicyclic) bond motifs is 1. The number of hydrogen-bond donors (Lipinski definition) is 1. The second-order valence-electron chi connectivity index (χ2n) is 6.63. The van der Waals surface area contributed by atoms with Gasteiger partial charge in [0.25, 0.3) is 5.56 Å². The summed E-state index contributed by atoms with van der Waals surface area (Å²) in [5, 5.41) is 0. The van der Waals surface area contributed by atoms with Crippen LogP contribution >= 0.6 is 0 Å². The number of H-pyrrole nitrogens is 1. The third-order valence-corrected chi connectivity index (χ3v) is 4.69. The molecule has 3 aromatic rings. The van der Waals surface area contributed by atoms with E-state index in [1.54, 1.807) is 13.0 Å². The van der Waals surface area contributed by atoms with Gasteiger partial charge in [-0.3, -0.25) is 19.7 Å². The highest BCUT2D eigenvalue weighted by atomic mass is 19.1. The average molecular weight is 350 g/mol. The molecule has 0 aromatic carbocycles. The zero-order valence-corrected chi connectivity index (χ0v) is 14.5. The third-order valence-electron chi connectivity index (χ3n) is 4.69. The molecule has 0 fully saturated rings. The Morgan fingerprint density at radius 1 is 1.23 bits per heavy atom. The van der Waals surface area contributed by atoms with E-state index in [-0.39, 0.29) is 11.4 Å². The molecule has 4 rings (SSSR count). The fourth-order valence-corrected chi connectivity index (χ4v) is 3.22. The number of halogens is 1. The van der Waals surface area contributed by atoms with Gasteiger partial charge in [0.2, 0.25) is 0 Å². The number of rotatable bonds is 3. The van der Waals surface area contributed by atoms with Crippen LogP contribution in [0.5, 0.6) is 0 Å². The normalized spacial score (nSPS) is 15.2. The molecule has 132 valence electrons. The smallest absolute Gasteiger partial charge is 0.251 e. The molecule has 0 aliphatic carbocycles. The van der Waals surface area contributed by atoms with Gasteiger partial charge < -0.3 is 4.98 Å². The van der Waals surface area contributed by atoms with E-state index >= 15 is 0 Å². The molecule has 6 heteroatoms. The van der Waals surface area contributed by atoms with Crippen molar-refractivity contribution >= 4 is 16.6 Å². The molecule has 4 heterocycles. The van der Waals surface area contributed by atoms with Gasteiger partial charge >= 0.3 is 0 Å². The van der Waals surface area contributed by atoms with Crippen LogP contribution in [0, 0.1) is 12.7 Å². The second-order valence-corrected chi connectivity index (χ2v) is 6.63.